The Bertz CT molecular complexity index is 1150. The van der Waals surface area contributed by atoms with Crippen molar-refractivity contribution in [2.75, 3.05) is 13.7 Å². The number of carbonyl (C=O) groups excluding carboxylic acids is 2. The molecule has 2 aromatic carbocycles. The topological polar surface area (TPSA) is 136 Å². The molecular formula is C20H15BrN2O8S. The Hall–Kier alpha value is -3.38. The molecular weight excluding hydrogens is 508 g/mol. The number of nitro groups is 1. The molecule has 0 aliphatic carbocycles. The molecule has 0 bridgehead atoms. The number of aliphatic carboxylic acids is 1. The zero-order chi connectivity index (χ0) is 23.4. The summed E-state index contributed by atoms with van der Waals surface area (Å²) in [5.74, 6) is -1.34. The minimum absolute atomic E-state index is 0.127. The lowest BCUT2D eigenvalue weighted by molar-refractivity contribution is -0.385. The van der Waals surface area contributed by atoms with Gasteiger partial charge in [0.15, 0.2) is 18.1 Å². The van der Waals surface area contributed by atoms with E-state index in [-0.39, 0.29) is 34.2 Å². The Balaban J connectivity index is 1.87. The van der Waals surface area contributed by atoms with Gasteiger partial charge in [-0.15, -0.1) is 0 Å². The number of para-hydroxylation sites is 1. The monoisotopic (exact) mass is 522 g/mol. The van der Waals surface area contributed by atoms with Crippen LogP contribution in [0.25, 0.3) is 6.08 Å². The molecule has 12 heteroatoms. The highest BCUT2D eigenvalue weighted by atomic mass is 79.9. The van der Waals surface area contributed by atoms with Gasteiger partial charge in [0.25, 0.3) is 16.8 Å². The Morgan fingerprint density at radius 2 is 2.03 bits per heavy atom. The summed E-state index contributed by atoms with van der Waals surface area (Å²) >= 11 is 3.99. The summed E-state index contributed by atoms with van der Waals surface area (Å²) in [5.41, 5.74) is 0.555. The van der Waals surface area contributed by atoms with Crippen molar-refractivity contribution in [3.63, 3.8) is 0 Å². The summed E-state index contributed by atoms with van der Waals surface area (Å²) in [6.07, 6.45) is 1.47. The van der Waals surface area contributed by atoms with Gasteiger partial charge in [0.1, 0.15) is 0 Å². The van der Waals surface area contributed by atoms with E-state index in [2.05, 4.69) is 15.9 Å². The Labute approximate surface area is 194 Å². The van der Waals surface area contributed by atoms with E-state index in [0.717, 1.165) is 4.90 Å². The van der Waals surface area contributed by atoms with Crippen molar-refractivity contribution in [3.8, 4) is 11.5 Å². The third kappa shape index (κ3) is 5.08. The number of carboxylic acids is 1. The van der Waals surface area contributed by atoms with Gasteiger partial charge in [-0.05, 0) is 51.5 Å². The van der Waals surface area contributed by atoms with E-state index in [0.29, 0.717) is 21.8 Å². The van der Waals surface area contributed by atoms with Crippen LogP contribution in [0.1, 0.15) is 11.1 Å². The summed E-state index contributed by atoms with van der Waals surface area (Å²) in [4.78, 5) is 47.7. The van der Waals surface area contributed by atoms with E-state index in [1.807, 2.05) is 0 Å². The smallest absolute Gasteiger partial charge is 0.341 e. The van der Waals surface area contributed by atoms with Gasteiger partial charge in [0.2, 0.25) is 0 Å². The molecule has 1 aliphatic heterocycles. The van der Waals surface area contributed by atoms with Gasteiger partial charge in [0, 0.05) is 11.6 Å². The Morgan fingerprint density at radius 3 is 2.69 bits per heavy atom. The van der Waals surface area contributed by atoms with Gasteiger partial charge < -0.3 is 14.6 Å². The fraction of sp³-hybridized carbons (Fsp3) is 0.150. The normalized spacial score (nSPS) is 14.7. The van der Waals surface area contributed by atoms with Crippen molar-refractivity contribution in [3.05, 3.63) is 67.0 Å². The molecule has 1 fully saturated rings. The second kappa shape index (κ2) is 9.83. The highest BCUT2D eigenvalue weighted by Gasteiger charge is 2.36. The molecule has 0 atom stereocenters. The van der Waals surface area contributed by atoms with Crippen molar-refractivity contribution in [2.45, 2.75) is 6.54 Å². The summed E-state index contributed by atoms with van der Waals surface area (Å²) < 4.78 is 10.8. The van der Waals surface area contributed by atoms with Gasteiger partial charge in [-0.25, -0.2) is 4.79 Å². The molecule has 2 aromatic rings. The zero-order valence-corrected chi connectivity index (χ0v) is 18.8. The van der Waals surface area contributed by atoms with Gasteiger partial charge in [-0.1, -0.05) is 18.2 Å². The van der Waals surface area contributed by atoms with Gasteiger partial charge in [-0.2, -0.15) is 0 Å². The second-order valence-electron chi connectivity index (χ2n) is 6.37. The van der Waals surface area contributed by atoms with Gasteiger partial charge in [0.05, 0.1) is 28.0 Å². The zero-order valence-electron chi connectivity index (χ0n) is 16.4. The number of amides is 2. The van der Waals surface area contributed by atoms with Gasteiger partial charge in [-0.3, -0.25) is 24.6 Å². The summed E-state index contributed by atoms with van der Waals surface area (Å²) in [6.45, 7) is -0.799. The van der Waals surface area contributed by atoms with Crippen LogP contribution in [0, 0.1) is 10.1 Å². The SMILES string of the molecule is COc1cc(/C=C2\SC(=O)N(Cc3ccccc3[N+](=O)[O-])C2=O)cc(Br)c1OCC(=O)O. The first-order valence-electron chi connectivity index (χ1n) is 8.91. The third-order valence-corrected chi connectivity index (χ3v) is 5.78. The number of benzene rings is 2. The number of hydrogen-bond acceptors (Lipinski definition) is 8. The molecule has 1 N–H and O–H groups in total. The van der Waals surface area contributed by atoms with Crippen LogP contribution < -0.4 is 9.47 Å². The summed E-state index contributed by atoms with van der Waals surface area (Å²) in [5, 5.41) is 19.5. The van der Waals surface area contributed by atoms with Crippen molar-refractivity contribution < 1.29 is 33.9 Å². The van der Waals surface area contributed by atoms with Crippen LogP contribution in [0.3, 0.4) is 0 Å². The van der Waals surface area contributed by atoms with E-state index in [1.54, 1.807) is 12.1 Å². The van der Waals surface area contributed by atoms with Crippen LogP contribution in [0.4, 0.5) is 10.5 Å². The lowest BCUT2D eigenvalue weighted by atomic mass is 10.1. The predicted octanol–water partition coefficient (Wildman–Crippen LogP) is 4.07. The minimum Gasteiger partial charge on any atom is -0.493 e. The maximum absolute atomic E-state index is 12.8. The summed E-state index contributed by atoms with van der Waals surface area (Å²) in [6, 6.07) is 9.00. The molecule has 1 saturated heterocycles. The molecule has 0 spiro atoms. The van der Waals surface area contributed by atoms with Crippen molar-refractivity contribution in [2.24, 2.45) is 0 Å². The Morgan fingerprint density at radius 1 is 1.31 bits per heavy atom. The molecule has 3 rings (SSSR count). The van der Waals surface area contributed by atoms with E-state index < -0.39 is 28.6 Å². The summed E-state index contributed by atoms with van der Waals surface area (Å²) in [7, 11) is 1.37. The van der Waals surface area contributed by atoms with Gasteiger partial charge >= 0.3 is 5.97 Å². The highest BCUT2D eigenvalue weighted by molar-refractivity contribution is 9.10. The number of carbonyl (C=O) groups is 3. The van der Waals surface area contributed by atoms with E-state index in [1.165, 1.54) is 37.5 Å². The molecule has 10 nitrogen and oxygen atoms in total. The Kier molecular flexibility index (Phi) is 7.15. The average molecular weight is 523 g/mol. The molecule has 0 radical (unpaired) electrons. The first-order valence-corrected chi connectivity index (χ1v) is 10.5. The minimum atomic E-state index is -1.16. The van der Waals surface area contributed by atoms with Crippen LogP contribution in [0.15, 0.2) is 45.8 Å². The molecule has 1 heterocycles. The van der Waals surface area contributed by atoms with Crippen LogP contribution in [0.2, 0.25) is 0 Å². The van der Waals surface area contributed by atoms with Crippen LogP contribution in [-0.4, -0.2) is 45.8 Å². The lowest BCUT2D eigenvalue weighted by Crippen LogP contribution is -2.27. The van der Waals surface area contributed by atoms with E-state index in [4.69, 9.17) is 14.6 Å². The van der Waals surface area contributed by atoms with Crippen LogP contribution in [0.5, 0.6) is 11.5 Å². The van der Waals surface area contributed by atoms with Crippen molar-refractivity contribution in [1.29, 1.82) is 0 Å². The number of rotatable bonds is 8. The second-order valence-corrected chi connectivity index (χ2v) is 8.22. The number of carboxylic acid groups (broad SMARTS) is 1. The first kappa shape index (κ1) is 23.3. The average Bonchev–Trinajstić information content (AvgIpc) is 3.00. The highest BCUT2D eigenvalue weighted by Crippen LogP contribution is 2.39. The molecule has 2 amide bonds. The quantitative estimate of drug-likeness (QED) is 0.309. The first-order chi connectivity index (χ1) is 15.2. The molecule has 0 aromatic heterocycles. The number of ether oxygens (including phenoxy) is 2. The largest absolute Gasteiger partial charge is 0.493 e. The van der Waals surface area contributed by atoms with Crippen molar-refractivity contribution >= 4 is 56.6 Å². The van der Waals surface area contributed by atoms with Crippen LogP contribution >= 0.6 is 27.7 Å². The molecule has 0 unspecified atom stereocenters. The molecule has 0 saturated carbocycles. The van der Waals surface area contributed by atoms with Crippen molar-refractivity contribution in [1.82, 2.24) is 4.90 Å². The number of halogens is 1. The maximum atomic E-state index is 12.8. The maximum Gasteiger partial charge on any atom is 0.341 e. The fourth-order valence-corrected chi connectivity index (χ4v) is 4.29. The lowest BCUT2D eigenvalue weighted by Gasteiger charge is -2.13. The predicted molar refractivity (Wildman–Crippen MR) is 118 cm³/mol. The molecule has 1 aliphatic rings. The standard InChI is InChI=1S/C20H15BrN2O8S/c1-30-15-7-11(6-13(21)18(15)31-10-17(24)25)8-16-19(26)22(20(27)32-16)9-12-4-2-3-5-14(12)23(28)29/h2-8H,9-10H2,1H3,(H,24,25)/b16-8-. The van der Waals surface area contributed by atoms with Crippen LogP contribution in [-0.2, 0) is 16.1 Å². The molecule has 166 valence electrons. The molecule has 32 heavy (non-hydrogen) atoms. The number of imide groups is 1. The fourth-order valence-electron chi connectivity index (χ4n) is 2.88. The number of hydrogen-bond donors (Lipinski definition) is 1. The van der Waals surface area contributed by atoms with E-state index >= 15 is 0 Å². The van der Waals surface area contributed by atoms with E-state index in [9.17, 15) is 24.5 Å². The number of methoxy groups -OCH3 is 1. The number of nitrogens with zero attached hydrogens (tertiary/aromatic N) is 2. The third-order valence-electron chi connectivity index (χ3n) is 4.28. The number of nitro benzene ring substituents is 1. The number of thioether (sulfide) groups is 1.